The third-order valence-corrected chi connectivity index (χ3v) is 6.06. The molecule has 144 valence electrons. The SMILES string of the molecule is CC1(c2ccccc2)CCC(NC(CCC(=O)O)Cc2ccccc2)CC1. The first-order valence-electron chi connectivity index (χ1n) is 10.1. The lowest BCUT2D eigenvalue weighted by molar-refractivity contribution is -0.137. The molecule has 1 fully saturated rings. The van der Waals surface area contributed by atoms with E-state index in [0.29, 0.717) is 12.5 Å². The van der Waals surface area contributed by atoms with E-state index < -0.39 is 5.97 Å². The minimum Gasteiger partial charge on any atom is -0.481 e. The molecule has 2 aromatic carbocycles. The van der Waals surface area contributed by atoms with E-state index in [-0.39, 0.29) is 17.9 Å². The number of carboxylic acid groups (broad SMARTS) is 1. The van der Waals surface area contributed by atoms with Crippen LogP contribution in [-0.2, 0) is 16.6 Å². The van der Waals surface area contributed by atoms with E-state index in [1.165, 1.54) is 24.0 Å². The van der Waals surface area contributed by atoms with Crippen LogP contribution in [0.5, 0.6) is 0 Å². The Kier molecular flexibility index (Phi) is 6.68. The maximum absolute atomic E-state index is 11.1. The standard InChI is InChI=1S/C24H31NO2/c1-24(20-10-6-3-7-11-20)16-14-21(15-17-24)25-22(12-13-23(26)27)18-19-8-4-2-5-9-19/h2-11,21-22,25H,12-18H2,1H3,(H,26,27). The minimum absolute atomic E-state index is 0.217. The second-order valence-corrected chi connectivity index (χ2v) is 8.19. The quantitative estimate of drug-likeness (QED) is 0.696. The molecule has 0 amide bonds. The fourth-order valence-corrected chi connectivity index (χ4v) is 4.32. The Hall–Kier alpha value is -2.13. The van der Waals surface area contributed by atoms with Crippen LogP contribution in [0.2, 0.25) is 0 Å². The van der Waals surface area contributed by atoms with Crippen LogP contribution in [0.15, 0.2) is 60.7 Å². The van der Waals surface area contributed by atoms with E-state index in [1.807, 2.05) is 6.07 Å². The minimum atomic E-state index is -0.713. The van der Waals surface area contributed by atoms with Crippen LogP contribution in [0.1, 0.15) is 56.6 Å². The molecule has 0 bridgehead atoms. The van der Waals surface area contributed by atoms with Gasteiger partial charge in [0.2, 0.25) is 0 Å². The molecule has 1 atom stereocenters. The lowest BCUT2D eigenvalue weighted by Crippen LogP contribution is -2.44. The summed E-state index contributed by atoms with van der Waals surface area (Å²) in [6, 6.07) is 21.9. The molecule has 0 aliphatic heterocycles. The van der Waals surface area contributed by atoms with Gasteiger partial charge < -0.3 is 10.4 Å². The first-order chi connectivity index (χ1) is 13.0. The molecule has 0 heterocycles. The molecule has 1 saturated carbocycles. The first-order valence-corrected chi connectivity index (χ1v) is 10.1. The number of benzene rings is 2. The van der Waals surface area contributed by atoms with Gasteiger partial charge in [-0.25, -0.2) is 0 Å². The van der Waals surface area contributed by atoms with Gasteiger partial charge >= 0.3 is 5.97 Å². The number of aliphatic carboxylic acids is 1. The van der Waals surface area contributed by atoms with Crippen molar-refractivity contribution in [2.24, 2.45) is 0 Å². The van der Waals surface area contributed by atoms with Crippen LogP contribution in [0.4, 0.5) is 0 Å². The van der Waals surface area contributed by atoms with E-state index in [4.69, 9.17) is 5.11 Å². The number of nitrogens with one attached hydrogen (secondary N) is 1. The summed E-state index contributed by atoms with van der Waals surface area (Å²) in [6.07, 6.45) is 6.42. The van der Waals surface area contributed by atoms with Crippen molar-refractivity contribution in [2.75, 3.05) is 0 Å². The summed E-state index contributed by atoms with van der Waals surface area (Å²) in [5.41, 5.74) is 2.97. The van der Waals surface area contributed by atoms with Crippen molar-refractivity contribution in [1.29, 1.82) is 0 Å². The number of hydrogen-bond donors (Lipinski definition) is 2. The van der Waals surface area contributed by atoms with Gasteiger partial charge in [0.05, 0.1) is 0 Å². The van der Waals surface area contributed by atoms with Gasteiger partial charge in [0, 0.05) is 18.5 Å². The van der Waals surface area contributed by atoms with Gasteiger partial charge in [0.15, 0.2) is 0 Å². The molecule has 0 aromatic heterocycles. The average molecular weight is 366 g/mol. The first kappa shape index (κ1) is 19.6. The molecule has 2 N–H and O–H groups in total. The van der Waals surface area contributed by atoms with E-state index >= 15 is 0 Å². The fraction of sp³-hybridized carbons (Fsp3) is 0.458. The molecule has 2 aromatic rings. The predicted molar refractivity (Wildman–Crippen MR) is 110 cm³/mol. The smallest absolute Gasteiger partial charge is 0.303 e. The largest absolute Gasteiger partial charge is 0.481 e. The van der Waals surface area contributed by atoms with Gasteiger partial charge in [-0.15, -0.1) is 0 Å². The summed E-state index contributed by atoms with van der Waals surface area (Å²) in [5.74, 6) is -0.713. The summed E-state index contributed by atoms with van der Waals surface area (Å²) < 4.78 is 0. The number of carboxylic acids is 1. The van der Waals surface area contributed by atoms with Gasteiger partial charge in [-0.2, -0.15) is 0 Å². The third kappa shape index (κ3) is 5.67. The summed E-state index contributed by atoms with van der Waals surface area (Å²) in [5, 5.41) is 12.9. The van der Waals surface area contributed by atoms with E-state index in [1.54, 1.807) is 0 Å². The van der Waals surface area contributed by atoms with E-state index in [0.717, 1.165) is 19.3 Å². The Bertz CT molecular complexity index is 706. The van der Waals surface area contributed by atoms with Crippen LogP contribution in [0.3, 0.4) is 0 Å². The highest BCUT2D eigenvalue weighted by atomic mass is 16.4. The Morgan fingerprint density at radius 1 is 1.07 bits per heavy atom. The molecule has 0 saturated heterocycles. The highest BCUT2D eigenvalue weighted by Gasteiger charge is 2.33. The molecule has 27 heavy (non-hydrogen) atoms. The lowest BCUT2D eigenvalue weighted by atomic mass is 9.69. The molecule has 1 aliphatic carbocycles. The van der Waals surface area contributed by atoms with Gasteiger partial charge in [0.1, 0.15) is 0 Å². The molecule has 3 rings (SSSR count). The van der Waals surface area contributed by atoms with Crippen molar-refractivity contribution in [2.45, 2.75) is 69.4 Å². The molecular formula is C24H31NO2. The highest BCUT2D eigenvalue weighted by Crippen LogP contribution is 2.39. The Morgan fingerprint density at radius 3 is 2.26 bits per heavy atom. The van der Waals surface area contributed by atoms with Crippen molar-refractivity contribution < 1.29 is 9.90 Å². The maximum Gasteiger partial charge on any atom is 0.303 e. The van der Waals surface area contributed by atoms with Gasteiger partial charge in [-0.1, -0.05) is 67.6 Å². The Balaban J connectivity index is 1.58. The number of hydrogen-bond acceptors (Lipinski definition) is 2. The van der Waals surface area contributed by atoms with Gasteiger partial charge in [-0.3, -0.25) is 4.79 Å². The van der Waals surface area contributed by atoms with E-state index in [9.17, 15) is 4.79 Å². The zero-order chi connectivity index (χ0) is 19.1. The lowest BCUT2D eigenvalue weighted by Gasteiger charge is -2.39. The summed E-state index contributed by atoms with van der Waals surface area (Å²) >= 11 is 0. The monoisotopic (exact) mass is 365 g/mol. The second kappa shape index (κ2) is 9.18. The third-order valence-electron chi connectivity index (χ3n) is 6.06. The zero-order valence-corrected chi connectivity index (χ0v) is 16.2. The Labute approximate surface area is 162 Å². The molecular weight excluding hydrogens is 334 g/mol. The normalized spacial score (nSPS) is 23.7. The summed E-state index contributed by atoms with van der Waals surface area (Å²) in [6.45, 7) is 2.38. The van der Waals surface area contributed by atoms with Crippen LogP contribution in [0.25, 0.3) is 0 Å². The zero-order valence-electron chi connectivity index (χ0n) is 16.2. The van der Waals surface area contributed by atoms with Crippen LogP contribution in [0, 0.1) is 0 Å². The summed E-state index contributed by atoms with van der Waals surface area (Å²) in [7, 11) is 0. The molecule has 0 spiro atoms. The second-order valence-electron chi connectivity index (χ2n) is 8.19. The van der Waals surface area contributed by atoms with Crippen LogP contribution in [-0.4, -0.2) is 23.2 Å². The van der Waals surface area contributed by atoms with Crippen LogP contribution >= 0.6 is 0 Å². The molecule has 1 aliphatic rings. The fourth-order valence-electron chi connectivity index (χ4n) is 4.32. The van der Waals surface area contributed by atoms with Crippen molar-refractivity contribution in [1.82, 2.24) is 5.32 Å². The van der Waals surface area contributed by atoms with Crippen molar-refractivity contribution in [3.05, 3.63) is 71.8 Å². The van der Waals surface area contributed by atoms with E-state index in [2.05, 4.69) is 66.8 Å². The molecule has 3 heteroatoms. The van der Waals surface area contributed by atoms with Crippen molar-refractivity contribution in [3.8, 4) is 0 Å². The highest BCUT2D eigenvalue weighted by molar-refractivity contribution is 5.66. The molecule has 0 radical (unpaired) electrons. The van der Waals surface area contributed by atoms with Crippen molar-refractivity contribution in [3.63, 3.8) is 0 Å². The predicted octanol–water partition coefficient (Wildman–Crippen LogP) is 4.95. The number of carbonyl (C=O) groups is 1. The van der Waals surface area contributed by atoms with Gasteiger partial charge in [0.25, 0.3) is 0 Å². The molecule has 3 nitrogen and oxygen atoms in total. The summed E-state index contributed by atoms with van der Waals surface area (Å²) in [4.78, 5) is 11.1. The van der Waals surface area contributed by atoms with Crippen molar-refractivity contribution >= 4 is 5.97 Å². The maximum atomic E-state index is 11.1. The topological polar surface area (TPSA) is 49.3 Å². The number of rotatable bonds is 8. The van der Waals surface area contributed by atoms with Crippen LogP contribution < -0.4 is 5.32 Å². The van der Waals surface area contributed by atoms with Gasteiger partial charge in [-0.05, 0) is 55.1 Å². The molecule has 1 unspecified atom stereocenters. The average Bonchev–Trinajstić information content (AvgIpc) is 2.69. The Morgan fingerprint density at radius 2 is 1.67 bits per heavy atom.